The summed E-state index contributed by atoms with van der Waals surface area (Å²) in [6.07, 6.45) is 3.41. The summed E-state index contributed by atoms with van der Waals surface area (Å²) in [5, 5.41) is 5.38. The fourth-order valence-electron chi connectivity index (χ4n) is 3.08. The molecule has 0 aromatic carbocycles. The molecule has 7 heteroatoms. The quantitative estimate of drug-likeness (QED) is 0.920. The molecule has 1 saturated heterocycles. The Kier molecular flexibility index (Phi) is 6.25. The van der Waals surface area contributed by atoms with Gasteiger partial charge in [0.1, 0.15) is 0 Å². The van der Waals surface area contributed by atoms with Crippen molar-refractivity contribution in [3.8, 4) is 0 Å². The molecule has 1 atom stereocenters. The number of thiazole rings is 1. The third-order valence-corrected chi connectivity index (χ3v) is 4.98. The molecule has 1 saturated carbocycles. The van der Waals surface area contributed by atoms with Gasteiger partial charge in [0, 0.05) is 18.3 Å². The van der Waals surface area contributed by atoms with Crippen LogP contribution in [-0.2, 0) is 11.3 Å². The van der Waals surface area contributed by atoms with Crippen LogP contribution in [-0.4, -0.2) is 35.9 Å². The van der Waals surface area contributed by atoms with Gasteiger partial charge in [0.25, 0.3) is 0 Å². The topological polar surface area (TPSA) is 45.2 Å². The lowest BCUT2D eigenvalue weighted by atomic mass is 9.91. The Morgan fingerprint density at radius 3 is 2.80 bits per heavy atom. The maximum atomic E-state index is 12.4. The summed E-state index contributed by atoms with van der Waals surface area (Å²) in [5.41, 5.74) is 3.15. The molecule has 1 spiro atoms. The molecule has 2 heterocycles. The minimum Gasteiger partial charge on any atom is -0.340 e. The average molecular weight is 338 g/mol. The van der Waals surface area contributed by atoms with Crippen LogP contribution < -0.4 is 5.32 Å². The van der Waals surface area contributed by atoms with Crippen LogP contribution in [0.1, 0.15) is 25.0 Å². The van der Waals surface area contributed by atoms with E-state index in [1.807, 2.05) is 22.8 Å². The van der Waals surface area contributed by atoms with Crippen molar-refractivity contribution in [1.29, 1.82) is 0 Å². The lowest BCUT2D eigenvalue weighted by molar-refractivity contribution is -0.132. The second-order valence-corrected chi connectivity index (χ2v) is 6.26. The van der Waals surface area contributed by atoms with E-state index in [4.69, 9.17) is 0 Å². The van der Waals surface area contributed by atoms with Crippen molar-refractivity contribution in [2.24, 2.45) is 11.3 Å². The first-order chi connectivity index (χ1) is 8.71. The Morgan fingerprint density at radius 2 is 2.20 bits per heavy atom. The monoisotopic (exact) mass is 337 g/mol. The number of rotatable bonds is 3. The van der Waals surface area contributed by atoms with Gasteiger partial charge in [-0.05, 0) is 37.8 Å². The normalized spacial score (nSPS) is 22.6. The number of piperidine rings is 1. The van der Waals surface area contributed by atoms with Crippen molar-refractivity contribution in [3.05, 3.63) is 16.6 Å². The van der Waals surface area contributed by atoms with Gasteiger partial charge in [-0.1, -0.05) is 0 Å². The molecule has 114 valence electrons. The van der Waals surface area contributed by atoms with Crippen LogP contribution in [0.25, 0.3) is 0 Å². The third-order valence-electron chi connectivity index (χ3n) is 4.35. The standard InChI is InChI=1S/C13H19N3OS.2ClH/c1-16(7-10-8-18-9-15-10)12(17)11-6-13(11)2-4-14-5-3-13;;/h8-9,11,14H,2-7H2,1H3;2*1H. The van der Waals surface area contributed by atoms with E-state index in [1.165, 1.54) is 0 Å². The highest BCUT2D eigenvalue weighted by molar-refractivity contribution is 7.07. The number of aromatic nitrogens is 1. The van der Waals surface area contributed by atoms with E-state index in [1.54, 1.807) is 11.3 Å². The minimum atomic E-state index is 0. The molecule has 1 aromatic heterocycles. The van der Waals surface area contributed by atoms with E-state index in [9.17, 15) is 4.79 Å². The minimum absolute atomic E-state index is 0. The first-order valence-corrected chi connectivity index (χ1v) is 7.48. The van der Waals surface area contributed by atoms with Crippen LogP contribution in [0.4, 0.5) is 0 Å². The second-order valence-electron chi connectivity index (χ2n) is 5.54. The molecule has 0 bridgehead atoms. The smallest absolute Gasteiger partial charge is 0.226 e. The SMILES string of the molecule is CN(Cc1cscn1)C(=O)C1CC12CCNCC2.Cl.Cl. The average Bonchev–Trinajstić information content (AvgIpc) is 2.84. The molecule has 2 aliphatic rings. The van der Waals surface area contributed by atoms with Gasteiger partial charge in [-0.3, -0.25) is 4.79 Å². The Balaban J connectivity index is 0.000001000. The molecular formula is C13H21Cl2N3OS. The molecule has 1 aromatic rings. The van der Waals surface area contributed by atoms with E-state index in [0.29, 0.717) is 17.9 Å². The first-order valence-electron chi connectivity index (χ1n) is 6.54. The lowest BCUT2D eigenvalue weighted by Crippen LogP contribution is -2.34. The molecule has 1 amide bonds. The van der Waals surface area contributed by atoms with Crippen molar-refractivity contribution in [2.75, 3.05) is 20.1 Å². The van der Waals surface area contributed by atoms with Crippen LogP contribution in [0.5, 0.6) is 0 Å². The summed E-state index contributed by atoms with van der Waals surface area (Å²) in [5.74, 6) is 0.577. The molecule has 1 unspecified atom stereocenters. The van der Waals surface area contributed by atoms with Gasteiger partial charge in [-0.15, -0.1) is 36.2 Å². The van der Waals surface area contributed by atoms with Gasteiger partial charge in [0.2, 0.25) is 5.91 Å². The number of halogens is 2. The zero-order chi connectivity index (χ0) is 12.6. The second kappa shape index (κ2) is 7.07. The van der Waals surface area contributed by atoms with Crippen LogP contribution in [0, 0.1) is 11.3 Å². The molecule has 1 aliphatic carbocycles. The summed E-state index contributed by atoms with van der Waals surface area (Å²) in [6, 6.07) is 0. The van der Waals surface area contributed by atoms with Crippen molar-refractivity contribution < 1.29 is 4.79 Å². The third kappa shape index (κ3) is 3.45. The molecule has 0 radical (unpaired) electrons. The molecular weight excluding hydrogens is 317 g/mol. The van der Waals surface area contributed by atoms with Crippen LogP contribution in [0.2, 0.25) is 0 Å². The number of amides is 1. The lowest BCUT2D eigenvalue weighted by Gasteiger charge is -2.24. The fraction of sp³-hybridized carbons (Fsp3) is 0.692. The highest BCUT2D eigenvalue weighted by Crippen LogP contribution is 2.59. The molecule has 1 N–H and O–H groups in total. The summed E-state index contributed by atoms with van der Waals surface area (Å²) >= 11 is 1.58. The van der Waals surface area contributed by atoms with Crippen LogP contribution in [0.15, 0.2) is 10.9 Å². The number of carbonyl (C=O) groups is 1. The van der Waals surface area contributed by atoms with Gasteiger partial charge in [0.15, 0.2) is 0 Å². The van der Waals surface area contributed by atoms with Crippen molar-refractivity contribution in [3.63, 3.8) is 0 Å². The maximum absolute atomic E-state index is 12.4. The zero-order valence-electron chi connectivity index (χ0n) is 11.5. The van der Waals surface area contributed by atoms with E-state index >= 15 is 0 Å². The number of hydrogen-bond acceptors (Lipinski definition) is 4. The molecule has 2 fully saturated rings. The summed E-state index contributed by atoms with van der Waals surface area (Å²) < 4.78 is 0. The Morgan fingerprint density at radius 1 is 1.50 bits per heavy atom. The molecule has 1 aliphatic heterocycles. The summed E-state index contributed by atoms with van der Waals surface area (Å²) in [6.45, 7) is 2.78. The van der Waals surface area contributed by atoms with Gasteiger partial charge in [-0.25, -0.2) is 4.98 Å². The van der Waals surface area contributed by atoms with E-state index < -0.39 is 0 Å². The Hall–Kier alpha value is -0.360. The highest BCUT2D eigenvalue weighted by atomic mass is 35.5. The van der Waals surface area contributed by atoms with Crippen LogP contribution >= 0.6 is 36.2 Å². The van der Waals surface area contributed by atoms with E-state index in [-0.39, 0.29) is 30.7 Å². The Labute approximate surface area is 136 Å². The summed E-state index contributed by atoms with van der Waals surface area (Å²) in [4.78, 5) is 18.5. The van der Waals surface area contributed by atoms with E-state index in [2.05, 4.69) is 10.3 Å². The fourth-order valence-corrected chi connectivity index (χ4v) is 3.63. The van der Waals surface area contributed by atoms with Crippen molar-refractivity contribution in [1.82, 2.24) is 15.2 Å². The predicted molar refractivity (Wildman–Crippen MR) is 85.7 cm³/mol. The number of hydrogen-bond donors (Lipinski definition) is 1. The highest BCUT2D eigenvalue weighted by Gasteiger charge is 2.58. The van der Waals surface area contributed by atoms with Gasteiger partial charge >= 0.3 is 0 Å². The van der Waals surface area contributed by atoms with Gasteiger partial charge < -0.3 is 10.2 Å². The predicted octanol–water partition coefficient (Wildman–Crippen LogP) is 2.33. The number of carbonyl (C=O) groups excluding carboxylic acids is 1. The van der Waals surface area contributed by atoms with Crippen molar-refractivity contribution in [2.45, 2.75) is 25.8 Å². The Bertz CT molecular complexity index is 435. The van der Waals surface area contributed by atoms with Gasteiger partial charge in [-0.2, -0.15) is 0 Å². The van der Waals surface area contributed by atoms with Crippen LogP contribution in [0.3, 0.4) is 0 Å². The zero-order valence-corrected chi connectivity index (χ0v) is 14.0. The number of nitrogens with zero attached hydrogens (tertiary/aromatic N) is 2. The largest absolute Gasteiger partial charge is 0.340 e. The maximum Gasteiger partial charge on any atom is 0.226 e. The molecule has 4 nitrogen and oxygen atoms in total. The molecule has 20 heavy (non-hydrogen) atoms. The molecule has 3 rings (SSSR count). The number of nitrogens with one attached hydrogen (secondary N) is 1. The first kappa shape index (κ1) is 17.7. The van der Waals surface area contributed by atoms with Crippen molar-refractivity contribution >= 4 is 42.1 Å². The summed E-state index contributed by atoms with van der Waals surface area (Å²) in [7, 11) is 1.90. The van der Waals surface area contributed by atoms with E-state index in [0.717, 1.165) is 38.0 Å². The van der Waals surface area contributed by atoms with Gasteiger partial charge in [0.05, 0.1) is 17.7 Å².